The van der Waals surface area contributed by atoms with Gasteiger partial charge in [0, 0.05) is 33.2 Å². The first kappa shape index (κ1) is 17.0. The summed E-state index contributed by atoms with van der Waals surface area (Å²) in [7, 11) is 1.58. The van der Waals surface area contributed by atoms with Crippen molar-refractivity contribution in [3.8, 4) is 12.1 Å². The van der Waals surface area contributed by atoms with Gasteiger partial charge in [0.15, 0.2) is 5.92 Å². The molecule has 0 bridgehead atoms. The molecule has 6 heteroatoms. The van der Waals surface area contributed by atoms with Crippen LogP contribution < -0.4 is 5.32 Å². The highest BCUT2D eigenvalue weighted by atomic mass is 16.5. The summed E-state index contributed by atoms with van der Waals surface area (Å²) >= 11 is 0. The van der Waals surface area contributed by atoms with E-state index in [1.165, 1.54) is 5.56 Å². The molecule has 0 amide bonds. The molecule has 1 atom stereocenters. The number of benzene rings is 1. The molecule has 6 nitrogen and oxygen atoms in total. The third-order valence-electron chi connectivity index (χ3n) is 3.76. The minimum atomic E-state index is -0.857. The molecule has 0 aromatic heterocycles. The van der Waals surface area contributed by atoms with Crippen molar-refractivity contribution >= 4 is 5.84 Å². The number of nitrogens with zero attached hydrogens (tertiary/aromatic N) is 4. The lowest BCUT2D eigenvalue weighted by atomic mass is 10.1. The van der Waals surface area contributed by atoms with E-state index in [1.54, 1.807) is 7.05 Å². The Hall–Kier alpha value is -2.41. The van der Waals surface area contributed by atoms with E-state index in [1.807, 2.05) is 30.3 Å². The van der Waals surface area contributed by atoms with Crippen molar-refractivity contribution in [3.63, 3.8) is 0 Å². The Balaban J connectivity index is 1.85. The SMILES string of the molecule is CN=C(NCC1CN(Cc2ccccc2)CCO1)C(C#N)C#N. The van der Waals surface area contributed by atoms with Gasteiger partial charge in [0.25, 0.3) is 0 Å². The second kappa shape index (κ2) is 8.89. The number of morpholine rings is 1. The molecule has 1 saturated heterocycles. The van der Waals surface area contributed by atoms with Gasteiger partial charge < -0.3 is 10.1 Å². The van der Waals surface area contributed by atoms with Gasteiger partial charge in [-0.05, 0) is 5.56 Å². The standard InChI is InChI=1S/C17H21N5O/c1-20-17(15(9-18)10-19)21-11-16-13-22(7-8-23-16)12-14-5-3-2-4-6-14/h2-6,15-16H,7-8,11-13H2,1H3,(H,20,21). The highest BCUT2D eigenvalue weighted by Crippen LogP contribution is 2.10. The van der Waals surface area contributed by atoms with Crippen molar-refractivity contribution in [2.45, 2.75) is 12.6 Å². The maximum absolute atomic E-state index is 8.94. The first-order chi connectivity index (χ1) is 11.3. The van der Waals surface area contributed by atoms with Gasteiger partial charge >= 0.3 is 0 Å². The quantitative estimate of drug-likeness (QED) is 0.652. The van der Waals surface area contributed by atoms with Crippen LogP contribution in [0, 0.1) is 28.6 Å². The van der Waals surface area contributed by atoms with Crippen LogP contribution in [0.3, 0.4) is 0 Å². The van der Waals surface area contributed by atoms with Crippen molar-refractivity contribution in [3.05, 3.63) is 35.9 Å². The van der Waals surface area contributed by atoms with Crippen molar-refractivity contribution in [1.82, 2.24) is 10.2 Å². The van der Waals surface area contributed by atoms with Crippen LogP contribution in [-0.4, -0.2) is 50.1 Å². The van der Waals surface area contributed by atoms with Crippen LogP contribution in [0.25, 0.3) is 0 Å². The fraction of sp³-hybridized carbons (Fsp3) is 0.471. The molecule has 1 unspecified atom stereocenters. The van der Waals surface area contributed by atoms with E-state index < -0.39 is 5.92 Å². The lowest BCUT2D eigenvalue weighted by molar-refractivity contribution is -0.0281. The van der Waals surface area contributed by atoms with Gasteiger partial charge in [-0.3, -0.25) is 9.89 Å². The summed E-state index contributed by atoms with van der Waals surface area (Å²) in [6.45, 7) is 3.83. The molecule has 1 heterocycles. The summed E-state index contributed by atoms with van der Waals surface area (Å²) in [6.07, 6.45) is 0.0160. The third kappa shape index (κ3) is 5.07. The van der Waals surface area contributed by atoms with Crippen LogP contribution in [0.15, 0.2) is 35.3 Å². The molecular formula is C17H21N5O. The van der Waals surface area contributed by atoms with Crippen LogP contribution in [0.4, 0.5) is 0 Å². The molecule has 0 saturated carbocycles. The molecule has 1 aromatic rings. The third-order valence-corrected chi connectivity index (χ3v) is 3.76. The molecule has 1 aliphatic heterocycles. The summed E-state index contributed by atoms with van der Waals surface area (Å²) in [4.78, 5) is 6.34. The number of nitriles is 2. The Labute approximate surface area is 137 Å². The number of amidine groups is 1. The second-order valence-electron chi connectivity index (χ2n) is 5.39. The number of ether oxygens (including phenoxy) is 1. The van der Waals surface area contributed by atoms with E-state index >= 15 is 0 Å². The van der Waals surface area contributed by atoms with Crippen LogP contribution in [0.5, 0.6) is 0 Å². The lowest BCUT2D eigenvalue weighted by Crippen LogP contribution is -2.47. The Kier molecular flexibility index (Phi) is 6.56. The number of aliphatic imine (C=N–C) groups is 1. The molecule has 1 N–H and O–H groups in total. The molecule has 120 valence electrons. The van der Waals surface area contributed by atoms with E-state index in [-0.39, 0.29) is 6.10 Å². The second-order valence-corrected chi connectivity index (χ2v) is 5.39. The van der Waals surface area contributed by atoms with E-state index in [2.05, 4.69) is 27.3 Å². The van der Waals surface area contributed by atoms with Crippen molar-refractivity contribution in [1.29, 1.82) is 10.5 Å². The molecule has 1 fully saturated rings. The Morgan fingerprint density at radius 1 is 1.39 bits per heavy atom. The highest BCUT2D eigenvalue weighted by Gasteiger charge is 2.22. The van der Waals surface area contributed by atoms with E-state index in [0.29, 0.717) is 19.0 Å². The number of rotatable bonds is 5. The lowest BCUT2D eigenvalue weighted by Gasteiger charge is -2.33. The summed E-state index contributed by atoms with van der Waals surface area (Å²) in [6, 6.07) is 14.2. The molecule has 0 aliphatic carbocycles. The normalized spacial score (nSPS) is 19.1. The Bertz CT molecular complexity index is 588. The average molecular weight is 311 g/mol. The van der Waals surface area contributed by atoms with Gasteiger partial charge in [0.2, 0.25) is 0 Å². The molecule has 1 aromatic carbocycles. The first-order valence-electron chi connectivity index (χ1n) is 7.64. The van der Waals surface area contributed by atoms with Crippen molar-refractivity contribution in [2.75, 3.05) is 33.3 Å². The van der Waals surface area contributed by atoms with Crippen LogP contribution >= 0.6 is 0 Å². The van der Waals surface area contributed by atoms with Crippen molar-refractivity contribution < 1.29 is 4.74 Å². The topological polar surface area (TPSA) is 84.4 Å². The molecule has 0 spiro atoms. The number of nitrogens with one attached hydrogen (secondary N) is 1. The molecule has 2 rings (SSSR count). The van der Waals surface area contributed by atoms with Crippen LogP contribution in [0.2, 0.25) is 0 Å². The van der Waals surface area contributed by atoms with E-state index in [9.17, 15) is 0 Å². The van der Waals surface area contributed by atoms with Gasteiger partial charge in [-0.2, -0.15) is 10.5 Å². The largest absolute Gasteiger partial charge is 0.374 e. The maximum Gasteiger partial charge on any atom is 0.189 e. The summed E-state index contributed by atoms with van der Waals surface area (Å²) in [5.41, 5.74) is 1.28. The fourth-order valence-corrected chi connectivity index (χ4v) is 2.57. The first-order valence-corrected chi connectivity index (χ1v) is 7.64. The summed E-state index contributed by atoms with van der Waals surface area (Å²) in [5, 5.41) is 21.0. The highest BCUT2D eigenvalue weighted by molar-refractivity contribution is 5.88. The number of hydrogen-bond donors (Lipinski definition) is 1. The minimum Gasteiger partial charge on any atom is -0.374 e. The predicted molar refractivity (Wildman–Crippen MR) is 87.5 cm³/mol. The molecule has 0 radical (unpaired) electrons. The Morgan fingerprint density at radius 3 is 2.78 bits per heavy atom. The fourth-order valence-electron chi connectivity index (χ4n) is 2.57. The number of hydrogen-bond acceptors (Lipinski definition) is 5. The van der Waals surface area contributed by atoms with Gasteiger partial charge in [-0.1, -0.05) is 30.3 Å². The Morgan fingerprint density at radius 2 is 2.13 bits per heavy atom. The summed E-state index contributed by atoms with van der Waals surface area (Å²) in [5.74, 6) is -0.456. The van der Waals surface area contributed by atoms with E-state index in [4.69, 9.17) is 15.3 Å². The van der Waals surface area contributed by atoms with Crippen LogP contribution in [-0.2, 0) is 11.3 Å². The molecular weight excluding hydrogens is 290 g/mol. The van der Waals surface area contributed by atoms with Crippen LogP contribution in [0.1, 0.15) is 5.56 Å². The van der Waals surface area contributed by atoms with Gasteiger partial charge in [0.05, 0.1) is 24.8 Å². The maximum atomic E-state index is 8.94. The smallest absolute Gasteiger partial charge is 0.189 e. The zero-order valence-electron chi connectivity index (χ0n) is 13.3. The minimum absolute atomic E-state index is 0.0160. The monoisotopic (exact) mass is 311 g/mol. The average Bonchev–Trinajstić information content (AvgIpc) is 2.60. The zero-order valence-corrected chi connectivity index (χ0v) is 13.3. The predicted octanol–water partition coefficient (Wildman–Crippen LogP) is 1.17. The molecule has 23 heavy (non-hydrogen) atoms. The van der Waals surface area contributed by atoms with Gasteiger partial charge in [-0.25, -0.2) is 0 Å². The van der Waals surface area contributed by atoms with Gasteiger partial charge in [0.1, 0.15) is 5.84 Å². The zero-order chi connectivity index (χ0) is 16.5. The molecule has 1 aliphatic rings. The van der Waals surface area contributed by atoms with Gasteiger partial charge in [-0.15, -0.1) is 0 Å². The van der Waals surface area contributed by atoms with Crippen molar-refractivity contribution in [2.24, 2.45) is 10.9 Å². The van der Waals surface area contributed by atoms with E-state index in [0.717, 1.165) is 19.6 Å². The summed E-state index contributed by atoms with van der Waals surface area (Å²) < 4.78 is 5.76.